The highest BCUT2D eigenvalue weighted by molar-refractivity contribution is 5.95. The van der Waals surface area contributed by atoms with Crippen molar-refractivity contribution in [3.63, 3.8) is 0 Å². The fourth-order valence-corrected chi connectivity index (χ4v) is 1.33. The highest BCUT2D eigenvalue weighted by atomic mass is 19.1. The predicted octanol–water partition coefficient (Wildman–Crippen LogP) is 1.52. The molecule has 0 atom stereocenters. The number of aryl methyl sites for hydroxylation is 1. The molecule has 0 spiro atoms. The molecule has 4 heteroatoms. The maximum absolute atomic E-state index is 13.0. The van der Waals surface area contributed by atoms with E-state index in [1.54, 1.807) is 23.9 Å². The van der Waals surface area contributed by atoms with Gasteiger partial charge in [0.05, 0.1) is 11.8 Å². The normalized spacial score (nSPS) is 10.6. The number of carbonyl (C=O) groups is 1. The summed E-state index contributed by atoms with van der Waals surface area (Å²) in [4.78, 5) is 14.5. The summed E-state index contributed by atoms with van der Waals surface area (Å²) in [5.74, 6) is -0.575. The summed E-state index contributed by atoms with van der Waals surface area (Å²) >= 11 is 0. The first-order valence-corrected chi connectivity index (χ1v) is 3.78. The Hall–Kier alpha value is -1.71. The summed E-state index contributed by atoms with van der Waals surface area (Å²) in [5.41, 5.74) is 0.689. The van der Waals surface area contributed by atoms with E-state index in [9.17, 15) is 9.18 Å². The van der Waals surface area contributed by atoms with Crippen LogP contribution in [-0.4, -0.2) is 15.8 Å². The molecule has 3 nitrogen and oxygen atoms in total. The second-order valence-electron chi connectivity index (χ2n) is 2.80. The number of nitrogens with zero attached hydrogens (tertiary/aromatic N) is 2. The number of halogens is 1. The van der Waals surface area contributed by atoms with Crippen LogP contribution in [0, 0.1) is 5.82 Å². The van der Waals surface area contributed by atoms with E-state index in [1.165, 1.54) is 0 Å². The molecule has 0 aliphatic rings. The third-order valence-corrected chi connectivity index (χ3v) is 2.01. The van der Waals surface area contributed by atoms with E-state index in [0.717, 1.165) is 6.20 Å². The van der Waals surface area contributed by atoms with Gasteiger partial charge in [-0.3, -0.25) is 4.79 Å². The van der Waals surface area contributed by atoms with Crippen molar-refractivity contribution in [3.8, 4) is 0 Å². The van der Waals surface area contributed by atoms with Gasteiger partial charge in [-0.05, 0) is 6.07 Å². The lowest BCUT2D eigenvalue weighted by molar-refractivity contribution is 0.112. The Balaban J connectivity index is 2.92. The largest absolute Gasteiger partial charge is 0.336 e. The lowest BCUT2D eigenvalue weighted by Crippen LogP contribution is -1.93. The van der Waals surface area contributed by atoms with E-state index >= 15 is 0 Å². The van der Waals surface area contributed by atoms with Gasteiger partial charge in [-0.1, -0.05) is 0 Å². The van der Waals surface area contributed by atoms with Crippen LogP contribution in [0.1, 0.15) is 10.4 Å². The zero-order chi connectivity index (χ0) is 9.42. The van der Waals surface area contributed by atoms with Gasteiger partial charge in [0, 0.05) is 18.6 Å². The first-order valence-electron chi connectivity index (χ1n) is 3.78. The molecule has 0 saturated heterocycles. The van der Waals surface area contributed by atoms with E-state index in [2.05, 4.69) is 4.98 Å². The zero-order valence-electron chi connectivity index (χ0n) is 6.99. The van der Waals surface area contributed by atoms with E-state index in [4.69, 9.17) is 0 Å². The molecule has 0 amide bonds. The number of fused-ring (bicyclic) bond motifs is 1. The number of pyridine rings is 1. The van der Waals surface area contributed by atoms with Crippen LogP contribution in [0.3, 0.4) is 0 Å². The van der Waals surface area contributed by atoms with Gasteiger partial charge < -0.3 is 4.57 Å². The zero-order valence-corrected chi connectivity index (χ0v) is 6.99. The predicted molar refractivity (Wildman–Crippen MR) is 46.1 cm³/mol. The number of aldehydes is 1. The van der Waals surface area contributed by atoms with Gasteiger partial charge in [-0.25, -0.2) is 9.37 Å². The Kier molecular flexibility index (Phi) is 1.62. The van der Waals surface area contributed by atoms with E-state index in [1.807, 2.05) is 0 Å². The SMILES string of the molecule is Cn1ccc2c(C=O)c(F)cnc21. The fraction of sp³-hybridized carbons (Fsp3) is 0.111. The molecule has 0 fully saturated rings. The average molecular weight is 178 g/mol. The maximum atomic E-state index is 13.0. The van der Waals surface area contributed by atoms with Crippen molar-refractivity contribution in [1.82, 2.24) is 9.55 Å². The van der Waals surface area contributed by atoms with Crippen LogP contribution in [0.15, 0.2) is 18.5 Å². The number of carbonyl (C=O) groups excluding carboxylic acids is 1. The molecule has 2 rings (SSSR count). The van der Waals surface area contributed by atoms with Gasteiger partial charge in [0.2, 0.25) is 0 Å². The van der Waals surface area contributed by atoms with Crippen LogP contribution in [0.5, 0.6) is 0 Å². The molecule has 0 bridgehead atoms. The van der Waals surface area contributed by atoms with Crippen LogP contribution in [0.2, 0.25) is 0 Å². The molecule has 0 saturated carbocycles. The number of hydrogen-bond acceptors (Lipinski definition) is 2. The van der Waals surface area contributed by atoms with Crippen molar-refractivity contribution in [1.29, 1.82) is 0 Å². The Bertz CT molecular complexity index is 476. The van der Waals surface area contributed by atoms with Crippen molar-refractivity contribution in [2.45, 2.75) is 0 Å². The quantitative estimate of drug-likeness (QED) is 0.620. The Morgan fingerprint density at radius 3 is 3.08 bits per heavy atom. The van der Waals surface area contributed by atoms with Gasteiger partial charge in [0.25, 0.3) is 0 Å². The number of rotatable bonds is 1. The lowest BCUT2D eigenvalue weighted by Gasteiger charge is -1.97. The third kappa shape index (κ3) is 1.02. The van der Waals surface area contributed by atoms with Crippen molar-refractivity contribution >= 4 is 17.3 Å². The summed E-state index contributed by atoms with van der Waals surface area (Å²) in [5, 5.41) is 0.553. The summed E-state index contributed by atoms with van der Waals surface area (Å²) < 4.78 is 14.8. The monoisotopic (exact) mass is 178 g/mol. The van der Waals surface area contributed by atoms with Crippen molar-refractivity contribution in [2.24, 2.45) is 7.05 Å². The minimum Gasteiger partial charge on any atom is -0.336 e. The lowest BCUT2D eigenvalue weighted by atomic mass is 10.2. The molecule has 2 aromatic rings. The number of aromatic nitrogens is 2. The molecule has 13 heavy (non-hydrogen) atoms. The van der Waals surface area contributed by atoms with Gasteiger partial charge in [0.1, 0.15) is 5.65 Å². The standard InChI is InChI=1S/C9H7FN2O/c1-12-3-2-6-7(5-13)8(10)4-11-9(6)12/h2-5H,1H3. The molecule has 0 aromatic carbocycles. The molecule has 0 radical (unpaired) electrons. The molecule has 66 valence electrons. The molecular formula is C9H7FN2O. The summed E-state index contributed by atoms with van der Waals surface area (Å²) in [7, 11) is 1.79. The summed E-state index contributed by atoms with van der Waals surface area (Å²) in [6.07, 6.45) is 3.31. The minimum absolute atomic E-state index is 0.0746. The van der Waals surface area contributed by atoms with E-state index in [0.29, 0.717) is 17.3 Å². The Labute approximate surface area is 73.8 Å². The molecule has 2 aromatic heterocycles. The molecule has 0 unspecified atom stereocenters. The third-order valence-electron chi connectivity index (χ3n) is 2.01. The van der Waals surface area contributed by atoms with Gasteiger partial charge in [-0.15, -0.1) is 0 Å². The highest BCUT2D eigenvalue weighted by Gasteiger charge is 2.09. The number of hydrogen-bond donors (Lipinski definition) is 0. The summed E-state index contributed by atoms with van der Waals surface area (Å²) in [6, 6.07) is 1.68. The Morgan fingerprint density at radius 2 is 2.38 bits per heavy atom. The van der Waals surface area contributed by atoms with Gasteiger partial charge >= 0.3 is 0 Å². The van der Waals surface area contributed by atoms with Gasteiger partial charge in [0.15, 0.2) is 12.1 Å². The second-order valence-corrected chi connectivity index (χ2v) is 2.80. The Morgan fingerprint density at radius 1 is 1.62 bits per heavy atom. The minimum atomic E-state index is -0.575. The molecule has 0 aliphatic carbocycles. The van der Waals surface area contributed by atoms with Crippen LogP contribution in [0.25, 0.3) is 11.0 Å². The average Bonchev–Trinajstić information content (AvgIpc) is 2.48. The van der Waals surface area contributed by atoms with Gasteiger partial charge in [-0.2, -0.15) is 0 Å². The highest BCUT2D eigenvalue weighted by Crippen LogP contribution is 2.18. The van der Waals surface area contributed by atoms with Crippen LogP contribution in [-0.2, 0) is 7.05 Å². The first-order chi connectivity index (χ1) is 6.24. The second kappa shape index (κ2) is 2.65. The summed E-state index contributed by atoms with van der Waals surface area (Å²) in [6.45, 7) is 0. The van der Waals surface area contributed by atoms with Crippen molar-refractivity contribution in [3.05, 3.63) is 29.8 Å². The topological polar surface area (TPSA) is 34.9 Å². The van der Waals surface area contributed by atoms with Crippen molar-refractivity contribution in [2.75, 3.05) is 0 Å². The maximum Gasteiger partial charge on any atom is 0.153 e. The molecular weight excluding hydrogens is 171 g/mol. The molecule has 0 N–H and O–H groups in total. The first kappa shape index (κ1) is 7.91. The van der Waals surface area contributed by atoms with E-state index in [-0.39, 0.29) is 5.56 Å². The smallest absolute Gasteiger partial charge is 0.153 e. The van der Waals surface area contributed by atoms with Crippen LogP contribution < -0.4 is 0 Å². The van der Waals surface area contributed by atoms with Crippen LogP contribution in [0.4, 0.5) is 4.39 Å². The molecule has 2 heterocycles. The van der Waals surface area contributed by atoms with Crippen molar-refractivity contribution < 1.29 is 9.18 Å². The van der Waals surface area contributed by atoms with Crippen LogP contribution >= 0.6 is 0 Å². The molecule has 0 aliphatic heterocycles. The van der Waals surface area contributed by atoms with E-state index < -0.39 is 5.82 Å². The fourth-order valence-electron chi connectivity index (χ4n) is 1.33.